The summed E-state index contributed by atoms with van der Waals surface area (Å²) in [6.45, 7) is 3.82. The van der Waals surface area contributed by atoms with E-state index in [0.717, 1.165) is 0 Å². The average molecular weight is 209 g/mol. The molecule has 1 aromatic heterocycles. The van der Waals surface area contributed by atoms with E-state index in [0.29, 0.717) is 12.2 Å². The fraction of sp³-hybridized carbons (Fsp3) is 0.545. The number of hydrogen-bond donors (Lipinski definition) is 0. The van der Waals surface area contributed by atoms with Crippen LogP contribution in [0.5, 0.6) is 0 Å². The quantitative estimate of drug-likeness (QED) is 0.709. The highest BCUT2D eigenvalue weighted by molar-refractivity contribution is 5.77. The van der Waals surface area contributed by atoms with Crippen LogP contribution in [0.25, 0.3) is 0 Å². The van der Waals surface area contributed by atoms with Gasteiger partial charge >= 0.3 is 0 Å². The van der Waals surface area contributed by atoms with Crippen molar-refractivity contribution in [3.8, 4) is 0 Å². The molecule has 1 amide bonds. The molecule has 0 aliphatic carbocycles. The average Bonchev–Trinajstić information content (AvgIpc) is 2.63. The summed E-state index contributed by atoms with van der Waals surface area (Å²) in [4.78, 5) is 13.3. The van der Waals surface area contributed by atoms with E-state index in [-0.39, 0.29) is 5.91 Å². The van der Waals surface area contributed by atoms with Crippen molar-refractivity contribution in [1.29, 1.82) is 0 Å². The second-order valence-electron chi connectivity index (χ2n) is 4.43. The van der Waals surface area contributed by atoms with E-state index in [1.807, 2.05) is 19.9 Å². The molecule has 82 valence electrons. The number of carbonyl (C=O) groups is 1. The summed E-state index contributed by atoms with van der Waals surface area (Å²) in [5, 5.41) is 0. The van der Waals surface area contributed by atoms with Crippen molar-refractivity contribution in [2.24, 2.45) is 0 Å². The third-order valence-corrected chi connectivity index (χ3v) is 2.54. The Kier molecular flexibility index (Phi) is 2.31. The van der Waals surface area contributed by atoms with Gasteiger partial charge in [-0.25, -0.2) is 0 Å². The topological polar surface area (TPSA) is 42.7 Å². The largest absolute Gasteiger partial charge is 0.465 e. The second-order valence-corrected chi connectivity index (χ2v) is 4.43. The normalized spacial score (nSPS) is 25.7. The summed E-state index contributed by atoms with van der Waals surface area (Å²) in [7, 11) is 1.73. The van der Waals surface area contributed by atoms with Gasteiger partial charge in [0.15, 0.2) is 12.0 Å². The molecular formula is C11H15NO3. The smallest absolute Gasteiger partial charge is 0.227 e. The lowest BCUT2D eigenvalue weighted by atomic mass is 10.0. The predicted octanol–water partition coefficient (Wildman–Crippen LogP) is 1.94. The maximum Gasteiger partial charge on any atom is 0.227 e. The molecule has 0 radical (unpaired) electrons. The molecule has 15 heavy (non-hydrogen) atoms. The SMILES string of the molecule is CN1C(=O)CC(C)(C)OC1c1ccco1. The molecule has 0 aromatic carbocycles. The molecule has 4 nitrogen and oxygen atoms in total. The number of ether oxygens (including phenoxy) is 1. The second kappa shape index (κ2) is 3.38. The Morgan fingerprint density at radius 1 is 1.53 bits per heavy atom. The number of nitrogens with zero attached hydrogens (tertiary/aromatic N) is 1. The Morgan fingerprint density at radius 3 is 2.87 bits per heavy atom. The van der Waals surface area contributed by atoms with Crippen LogP contribution in [0.2, 0.25) is 0 Å². The minimum atomic E-state index is -0.430. The number of carbonyl (C=O) groups excluding carboxylic acids is 1. The van der Waals surface area contributed by atoms with Gasteiger partial charge in [0.1, 0.15) is 0 Å². The summed E-state index contributed by atoms with van der Waals surface area (Å²) in [6, 6.07) is 3.61. The van der Waals surface area contributed by atoms with Gasteiger partial charge in [-0.05, 0) is 26.0 Å². The Morgan fingerprint density at radius 2 is 2.27 bits per heavy atom. The van der Waals surface area contributed by atoms with Gasteiger partial charge in [0.2, 0.25) is 5.91 Å². The van der Waals surface area contributed by atoms with Crippen molar-refractivity contribution in [2.45, 2.75) is 32.1 Å². The van der Waals surface area contributed by atoms with Gasteiger partial charge in [0, 0.05) is 7.05 Å². The molecule has 1 fully saturated rings. The van der Waals surface area contributed by atoms with E-state index in [1.54, 1.807) is 24.3 Å². The number of amides is 1. The lowest BCUT2D eigenvalue weighted by Crippen LogP contribution is -2.46. The summed E-state index contributed by atoms with van der Waals surface area (Å²) in [5.41, 5.74) is -0.430. The van der Waals surface area contributed by atoms with Gasteiger partial charge in [0.05, 0.1) is 18.3 Å². The van der Waals surface area contributed by atoms with E-state index in [4.69, 9.17) is 9.15 Å². The van der Waals surface area contributed by atoms with Crippen molar-refractivity contribution < 1.29 is 13.9 Å². The number of furan rings is 1. The van der Waals surface area contributed by atoms with Crippen molar-refractivity contribution in [2.75, 3.05) is 7.05 Å². The molecule has 1 aliphatic heterocycles. The highest BCUT2D eigenvalue weighted by atomic mass is 16.5. The third-order valence-electron chi connectivity index (χ3n) is 2.54. The van der Waals surface area contributed by atoms with Crippen molar-refractivity contribution in [3.05, 3.63) is 24.2 Å². The van der Waals surface area contributed by atoms with Gasteiger partial charge in [-0.2, -0.15) is 0 Å². The molecule has 1 saturated heterocycles. The maximum absolute atomic E-state index is 11.7. The fourth-order valence-corrected chi connectivity index (χ4v) is 1.72. The molecule has 0 N–H and O–H groups in total. The first-order valence-corrected chi connectivity index (χ1v) is 4.96. The van der Waals surface area contributed by atoms with E-state index in [9.17, 15) is 4.79 Å². The van der Waals surface area contributed by atoms with Crippen molar-refractivity contribution in [1.82, 2.24) is 4.90 Å². The van der Waals surface area contributed by atoms with Crippen LogP contribution in [-0.4, -0.2) is 23.5 Å². The van der Waals surface area contributed by atoms with Crippen LogP contribution in [-0.2, 0) is 9.53 Å². The molecule has 0 bridgehead atoms. The van der Waals surface area contributed by atoms with Gasteiger partial charge in [-0.3, -0.25) is 4.79 Å². The minimum absolute atomic E-state index is 0.0765. The van der Waals surface area contributed by atoms with E-state index in [1.165, 1.54) is 0 Å². The first-order valence-electron chi connectivity index (χ1n) is 4.96. The van der Waals surface area contributed by atoms with Crippen LogP contribution in [0.15, 0.2) is 22.8 Å². The first kappa shape index (κ1) is 10.2. The highest BCUT2D eigenvalue weighted by Crippen LogP contribution is 2.34. The van der Waals surface area contributed by atoms with Crippen LogP contribution in [0, 0.1) is 0 Å². The molecule has 4 heteroatoms. The highest BCUT2D eigenvalue weighted by Gasteiger charge is 2.39. The van der Waals surface area contributed by atoms with Gasteiger partial charge < -0.3 is 14.1 Å². The summed E-state index contributed by atoms with van der Waals surface area (Å²) in [6.07, 6.45) is 1.58. The van der Waals surface area contributed by atoms with Gasteiger partial charge in [-0.15, -0.1) is 0 Å². The lowest BCUT2D eigenvalue weighted by Gasteiger charge is -2.40. The summed E-state index contributed by atoms with van der Waals surface area (Å²) >= 11 is 0. The predicted molar refractivity (Wildman–Crippen MR) is 54.0 cm³/mol. The van der Waals surface area contributed by atoms with Crippen LogP contribution >= 0.6 is 0 Å². The molecule has 1 atom stereocenters. The van der Waals surface area contributed by atoms with Gasteiger partial charge in [-0.1, -0.05) is 0 Å². The minimum Gasteiger partial charge on any atom is -0.465 e. The third kappa shape index (κ3) is 1.90. The van der Waals surface area contributed by atoms with Gasteiger partial charge in [0.25, 0.3) is 0 Å². The number of rotatable bonds is 1. The Bertz CT molecular complexity index is 356. The number of hydrogen-bond acceptors (Lipinski definition) is 3. The molecule has 0 saturated carbocycles. The first-order chi connectivity index (χ1) is 6.99. The van der Waals surface area contributed by atoms with Crippen molar-refractivity contribution in [3.63, 3.8) is 0 Å². The summed E-state index contributed by atoms with van der Waals surface area (Å²) < 4.78 is 11.1. The molecular weight excluding hydrogens is 194 g/mol. The van der Waals surface area contributed by atoms with Crippen LogP contribution in [0.1, 0.15) is 32.3 Å². The molecule has 1 unspecified atom stereocenters. The van der Waals surface area contributed by atoms with Crippen LogP contribution < -0.4 is 0 Å². The van der Waals surface area contributed by atoms with Crippen LogP contribution in [0.4, 0.5) is 0 Å². The van der Waals surface area contributed by atoms with E-state index in [2.05, 4.69) is 0 Å². The Hall–Kier alpha value is -1.29. The molecule has 2 heterocycles. The molecule has 1 aromatic rings. The molecule has 1 aliphatic rings. The van der Waals surface area contributed by atoms with Crippen molar-refractivity contribution >= 4 is 5.91 Å². The zero-order valence-corrected chi connectivity index (χ0v) is 9.19. The zero-order valence-electron chi connectivity index (χ0n) is 9.19. The maximum atomic E-state index is 11.7. The monoisotopic (exact) mass is 209 g/mol. The van der Waals surface area contributed by atoms with Crippen LogP contribution in [0.3, 0.4) is 0 Å². The molecule has 2 rings (SSSR count). The standard InChI is InChI=1S/C11H15NO3/c1-11(2)7-9(13)12(3)10(15-11)8-5-4-6-14-8/h4-6,10H,7H2,1-3H3. The Balaban J connectivity index is 2.27. The zero-order chi connectivity index (χ0) is 11.1. The lowest BCUT2D eigenvalue weighted by molar-refractivity contribution is -0.196. The Labute approximate surface area is 88.8 Å². The summed E-state index contributed by atoms with van der Waals surface area (Å²) in [5.74, 6) is 0.742. The van der Waals surface area contributed by atoms with E-state index >= 15 is 0 Å². The molecule has 0 spiro atoms. The fourth-order valence-electron chi connectivity index (χ4n) is 1.72. The van der Waals surface area contributed by atoms with E-state index < -0.39 is 11.8 Å².